The predicted octanol–water partition coefficient (Wildman–Crippen LogP) is 1.70. The summed E-state index contributed by atoms with van der Waals surface area (Å²) in [7, 11) is 0. The molecule has 0 spiro atoms. The van der Waals surface area contributed by atoms with E-state index in [0.717, 1.165) is 0 Å². The highest BCUT2D eigenvalue weighted by atomic mass is 16.6. The first kappa shape index (κ1) is 11.6. The monoisotopic (exact) mass is 182 g/mol. The van der Waals surface area contributed by atoms with Crippen LogP contribution in [0.1, 0.15) is 13.8 Å². The van der Waals surface area contributed by atoms with Gasteiger partial charge in [0.15, 0.2) is 0 Å². The molecular formula is C10H14O3. The van der Waals surface area contributed by atoms with Crippen LogP contribution in [0.4, 0.5) is 0 Å². The third-order valence-electron chi connectivity index (χ3n) is 1.65. The van der Waals surface area contributed by atoms with Crippen LogP contribution < -0.4 is 0 Å². The van der Waals surface area contributed by atoms with E-state index in [1.165, 1.54) is 12.2 Å². The van der Waals surface area contributed by atoms with Crippen LogP contribution in [-0.4, -0.2) is 11.9 Å². The second kappa shape index (κ2) is 5.30. The summed E-state index contributed by atoms with van der Waals surface area (Å²) in [5, 5.41) is 0. The molecule has 2 atom stereocenters. The lowest BCUT2D eigenvalue weighted by Crippen LogP contribution is -2.21. The van der Waals surface area contributed by atoms with Crippen molar-refractivity contribution in [3.8, 4) is 0 Å². The van der Waals surface area contributed by atoms with Gasteiger partial charge in [-0.25, -0.2) is 0 Å². The average Bonchev–Trinajstić information content (AvgIpc) is 2.14. The van der Waals surface area contributed by atoms with E-state index in [0.29, 0.717) is 0 Å². The number of ether oxygens (including phenoxy) is 1. The van der Waals surface area contributed by atoms with Crippen molar-refractivity contribution < 1.29 is 14.3 Å². The first-order chi connectivity index (χ1) is 6.02. The van der Waals surface area contributed by atoms with Gasteiger partial charge in [0.2, 0.25) is 0 Å². The van der Waals surface area contributed by atoms with Crippen molar-refractivity contribution in [1.29, 1.82) is 0 Å². The van der Waals surface area contributed by atoms with E-state index in [-0.39, 0.29) is 0 Å². The highest BCUT2D eigenvalue weighted by Gasteiger charge is 2.18. The predicted molar refractivity (Wildman–Crippen MR) is 49.8 cm³/mol. The second-order valence-electron chi connectivity index (χ2n) is 2.79. The fourth-order valence-corrected chi connectivity index (χ4v) is 0.477. The second-order valence-corrected chi connectivity index (χ2v) is 2.79. The van der Waals surface area contributed by atoms with E-state index >= 15 is 0 Å². The highest BCUT2D eigenvalue weighted by Crippen LogP contribution is 2.04. The van der Waals surface area contributed by atoms with Crippen LogP contribution in [0, 0.1) is 11.8 Å². The minimum Gasteiger partial charge on any atom is -0.392 e. The van der Waals surface area contributed by atoms with E-state index in [9.17, 15) is 9.59 Å². The number of esters is 2. The van der Waals surface area contributed by atoms with Gasteiger partial charge in [0.25, 0.3) is 0 Å². The van der Waals surface area contributed by atoms with Crippen molar-refractivity contribution in [3.05, 3.63) is 25.3 Å². The molecule has 0 saturated heterocycles. The maximum atomic E-state index is 11.1. The van der Waals surface area contributed by atoms with Gasteiger partial charge in [-0.15, -0.1) is 13.2 Å². The number of hydrogen-bond donors (Lipinski definition) is 0. The Morgan fingerprint density at radius 2 is 1.38 bits per heavy atom. The van der Waals surface area contributed by atoms with Crippen LogP contribution >= 0.6 is 0 Å². The number of hydrogen-bond acceptors (Lipinski definition) is 3. The molecule has 0 aromatic rings. The van der Waals surface area contributed by atoms with Crippen molar-refractivity contribution in [2.24, 2.45) is 11.8 Å². The maximum absolute atomic E-state index is 11.1. The van der Waals surface area contributed by atoms with Crippen LogP contribution in [0.25, 0.3) is 0 Å². The van der Waals surface area contributed by atoms with E-state index in [1.54, 1.807) is 13.8 Å². The summed E-state index contributed by atoms with van der Waals surface area (Å²) in [6.45, 7) is 10.1. The summed E-state index contributed by atoms with van der Waals surface area (Å²) < 4.78 is 4.54. The molecule has 0 bridgehead atoms. The van der Waals surface area contributed by atoms with Gasteiger partial charge in [-0.05, 0) is 13.8 Å². The molecule has 13 heavy (non-hydrogen) atoms. The average molecular weight is 182 g/mol. The Morgan fingerprint density at radius 3 is 1.62 bits per heavy atom. The molecule has 3 nitrogen and oxygen atoms in total. The van der Waals surface area contributed by atoms with Crippen molar-refractivity contribution in [2.75, 3.05) is 0 Å². The molecule has 0 radical (unpaired) electrons. The highest BCUT2D eigenvalue weighted by molar-refractivity contribution is 5.88. The van der Waals surface area contributed by atoms with Crippen LogP contribution in [0.3, 0.4) is 0 Å². The standard InChI is InChI=1S/C10H14O3/c1-5-7(3)9(11)13-10(12)8(4)6-2/h5-8H,1-2H2,3-4H3. The van der Waals surface area contributed by atoms with Gasteiger partial charge < -0.3 is 4.74 Å². The summed E-state index contributed by atoms with van der Waals surface area (Å²) in [5.74, 6) is -2.07. The molecule has 0 N–H and O–H groups in total. The molecule has 0 aliphatic carbocycles. The molecule has 0 aromatic heterocycles. The third-order valence-corrected chi connectivity index (χ3v) is 1.65. The molecule has 3 heteroatoms. The minimum absolute atomic E-state index is 0.457. The smallest absolute Gasteiger partial charge is 0.320 e. The van der Waals surface area contributed by atoms with Crippen LogP contribution in [0.2, 0.25) is 0 Å². The van der Waals surface area contributed by atoms with Gasteiger partial charge in [-0.1, -0.05) is 12.2 Å². The first-order valence-electron chi connectivity index (χ1n) is 4.03. The maximum Gasteiger partial charge on any atom is 0.320 e. The number of rotatable bonds is 4. The molecule has 72 valence electrons. The van der Waals surface area contributed by atoms with Crippen molar-refractivity contribution in [2.45, 2.75) is 13.8 Å². The Bertz CT molecular complexity index is 206. The van der Waals surface area contributed by atoms with E-state index in [1.807, 2.05) is 0 Å². The largest absolute Gasteiger partial charge is 0.392 e. The fraction of sp³-hybridized carbons (Fsp3) is 0.400. The van der Waals surface area contributed by atoms with Gasteiger partial charge in [0, 0.05) is 0 Å². The number of carbonyl (C=O) groups excluding carboxylic acids is 2. The fourth-order valence-electron chi connectivity index (χ4n) is 0.477. The lowest BCUT2D eigenvalue weighted by Gasteiger charge is -2.07. The summed E-state index contributed by atoms with van der Waals surface area (Å²) in [4.78, 5) is 22.1. The van der Waals surface area contributed by atoms with Gasteiger partial charge in [-0.3, -0.25) is 9.59 Å². The Morgan fingerprint density at radius 1 is 1.08 bits per heavy atom. The lowest BCUT2D eigenvalue weighted by atomic mass is 10.2. The molecule has 0 rings (SSSR count). The van der Waals surface area contributed by atoms with Gasteiger partial charge >= 0.3 is 11.9 Å². The molecule has 0 aromatic carbocycles. The summed E-state index contributed by atoms with van der Waals surface area (Å²) in [6, 6.07) is 0. The Balaban J connectivity index is 4.13. The van der Waals surface area contributed by atoms with Gasteiger partial charge in [0.05, 0.1) is 11.8 Å². The molecule has 0 amide bonds. The van der Waals surface area contributed by atoms with Crippen LogP contribution in [0.15, 0.2) is 25.3 Å². The SMILES string of the molecule is C=CC(C)C(=O)OC(=O)C(C)C=C. The molecule has 0 saturated carbocycles. The van der Waals surface area contributed by atoms with E-state index in [4.69, 9.17) is 0 Å². The van der Waals surface area contributed by atoms with Crippen molar-refractivity contribution in [1.82, 2.24) is 0 Å². The molecular weight excluding hydrogens is 168 g/mol. The molecule has 0 fully saturated rings. The van der Waals surface area contributed by atoms with E-state index in [2.05, 4.69) is 17.9 Å². The normalized spacial score (nSPS) is 14.0. The zero-order valence-corrected chi connectivity index (χ0v) is 7.95. The zero-order valence-electron chi connectivity index (χ0n) is 7.95. The summed E-state index contributed by atoms with van der Waals surface area (Å²) >= 11 is 0. The van der Waals surface area contributed by atoms with Crippen molar-refractivity contribution >= 4 is 11.9 Å². The van der Waals surface area contributed by atoms with Crippen molar-refractivity contribution in [3.63, 3.8) is 0 Å². The van der Waals surface area contributed by atoms with Gasteiger partial charge in [-0.2, -0.15) is 0 Å². The first-order valence-corrected chi connectivity index (χ1v) is 4.03. The molecule has 2 unspecified atom stereocenters. The van der Waals surface area contributed by atoms with E-state index < -0.39 is 23.8 Å². The van der Waals surface area contributed by atoms with Crippen LogP contribution in [-0.2, 0) is 14.3 Å². The quantitative estimate of drug-likeness (QED) is 0.377. The summed E-state index contributed by atoms with van der Waals surface area (Å²) in [5.41, 5.74) is 0. The Labute approximate surface area is 78.1 Å². The lowest BCUT2D eigenvalue weighted by molar-refractivity contribution is -0.162. The Hall–Kier alpha value is -1.38. The van der Waals surface area contributed by atoms with Crippen LogP contribution in [0.5, 0.6) is 0 Å². The Kier molecular flexibility index (Phi) is 4.74. The molecule has 0 aliphatic rings. The van der Waals surface area contributed by atoms with Gasteiger partial charge in [0.1, 0.15) is 0 Å². The summed E-state index contributed by atoms with van der Waals surface area (Å²) in [6.07, 6.45) is 2.85. The third kappa shape index (κ3) is 3.69. The topological polar surface area (TPSA) is 43.4 Å². The molecule has 0 aliphatic heterocycles. The molecule has 0 heterocycles. The zero-order chi connectivity index (χ0) is 10.4. The number of carbonyl (C=O) groups is 2. The minimum atomic E-state index is -0.575.